The molecule has 0 atom stereocenters. The molecule has 0 saturated carbocycles. The third kappa shape index (κ3) is 3.01. The molecule has 0 amide bonds. The molecule has 0 bridgehead atoms. The molecule has 0 radical (unpaired) electrons. The lowest BCUT2D eigenvalue weighted by atomic mass is 10.1. The van der Waals surface area contributed by atoms with Crippen molar-refractivity contribution in [2.24, 2.45) is 0 Å². The Kier molecular flexibility index (Phi) is 3.74. The van der Waals surface area contributed by atoms with Gasteiger partial charge in [0.15, 0.2) is 5.78 Å². The van der Waals surface area contributed by atoms with Crippen molar-refractivity contribution in [1.29, 1.82) is 0 Å². The lowest BCUT2D eigenvalue weighted by Gasteiger charge is -1.99. The van der Waals surface area contributed by atoms with E-state index in [0.29, 0.717) is 6.42 Å². The van der Waals surface area contributed by atoms with E-state index in [1.165, 1.54) is 10.4 Å². The van der Waals surface area contributed by atoms with Crippen molar-refractivity contribution < 1.29 is 4.79 Å². The van der Waals surface area contributed by atoms with Gasteiger partial charge in [-0.1, -0.05) is 0 Å². The van der Waals surface area contributed by atoms with Crippen molar-refractivity contribution in [3.05, 3.63) is 49.9 Å². The van der Waals surface area contributed by atoms with Crippen LogP contribution in [0.2, 0.25) is 0 Å². The summed E-state index contributed by atoms with van der Waals surface area (Å²) in [5.41, 5.74) is 2.12. The Morgan fingerprint density at radius 1 is 1.35 bits per heavy atom. The number of aryl methyl sites for hydroxylation is 2. The molecular formula is C13H12BrNOS. The number of carbonyl (C=O) groups is 1. The van der Waals surface area contributed by atoms with Crippen LogP contribution in [0.15, 0.2) is 29.0 Å². The van der Waals surface area contributed by atoms with Crippen LogP contribution < -0.4 is 0 Å². The highest BCUT2D eigenvalue weighted by Crippen LogP contribution is 2.22. The van der Waals surface area contributed by atoms with E-state index in [2.05, 4.69) is 20.9 Å². The van der Waals surface area contributed by atoms with Gasteiger partial charge in [0.25, 0.3) is 0 Å². The molecule has 0 saturated heterocycles. The van der Waals surface area contributed by atoms with Crippen LogP contribution in [0.1, 0.15) is 25.7 Å². The molecule has 0 N–H and O–H groups in total. The summed E-state index contributed by atoms with van der Waals surface area (Å²) in [5.74, 6) is 0.158. The number of rotatable bonds is 3. The SMILES string of the molecule is Cc1cc(C(=O)Cc2cncc(Br)c2)sc1C. The van der Waals surface area contributed by atoms with Crippen LogP contribution in [0, 0.1) is 13.8 Å². The molecule has 0 aliphatic carbocycles. The largest absolute Gasteiger partial charge is 0.293 e. The van der Waals surface area contributed by atoms with Crippen LogP contribution >= 0.6 is 27.3 Å². The highest BCUT2D eigenvalue weighted by Gasteiger charge is 2.11. The van der Waals surface area contributed by atoms with Crippen molar-refractivity contribution in [2.45, 2.75) is 20.3 Å². The molecule has 88 valence electrons. The maximum absolute atomic E-state index is 12.1. The van der Waals surface area contributed by atoms with E-state index in [9.17, 15) is 4.79 Å². The van der Waals surface area contributed by atoms with Crippen LogP contribution in [-0.4, -0.2) is 10.8 Å². The molecule has 0 aliphatic heterocycles. The zero-order chi connectivity index (χ0) is 12.4. The van der Waals surface area contributed by atoms with Crippen LogP contribution in [0.3, 0.4) is 0 Å². The topological polar surface area (TPSA) is 30.0 Å². The van der Waals surface area contributed by atoms with Gasteiger partial charge < -0.3 is 0 Å². The quantitative estimate of drug-likeness (QED) is 0.804. The van der Waals surface area contributed by atoms with Crippen LogP contribution in [-0.2, 0) is 6.42 Å². The predicted octanol–water partition coefficient (Wildman–Crippen LogP) is 3.95. The highest BCUT2D eigenvalue weighted by atomic mass is 79.9. The number of thiophene rings is 1. The normalized spacial score (nSPS) is 10.5. The van der Waals surface area contributed by atoms with Gasteiger partial charge in [-0.3, -0.25) is 9.78 Å². The predicted molar refractivity (Wildman–Crippen MR) is 73.8 cm³/mol. The average molecular weight is 310 g/mol. The van der Waals surface area contributed by atoms with E-state index in [-0.39, 0.29) is 5.78 Å². The minimum Gasteiger partial charge on any atom is -0.293 e. The first-order valence-corrected chi connectivity index (χ1v) is 6.87. The van der Waals surface area contributed by atoms with E-state index in [0.717, 1.165) is 14.9 Å². The number of Topliss-reactive ketones (excluding diaryl/α,β-unsaturated/α-hetero) is 1. The van der Waals surface area contributed by atoms with Gasteiger partial charge in [-0.05, 0) is 53.0 Å². The zero-order valence-corrected chi connectivity index (χ0v) is 12.1. The van der Waals surface area contributed by atoms with Crippen LogP contribution in [0.5, 0.6) is 0 Å². The van der Waals surface area contributed by atoms with Crippen LogP contribution in [0.4, 0.5) is 0 Å². The lowest BCUT2D eigenvalue weighted by Crippen LogP contribution is -2.01. The molecule has 0 fully saturated rings. The first-order chi connectivity index (χ1) is 8.06. The Bertz CT molecular complexity index is 543. The second kappa shape index (κ2) is 5.10. The Labute approximate surface area is 113 Å². The van der Waals surface area contributed by atoms with Gasteiger partial charge in [-0.15, -0.1) is 11.3 Å². The van der Waals surface area contributed by atoms with Crippen molar-refractivity contribution in [3.63, 3.8) is 0 Å². The van der Waals surface area contributed by atoms with Crippen molar-refractivity contribution in [3.8, 4) is 0 Å². The summed E-state index contributed by atoms with van der Waals surface area (Å²) in [6.07, 6.45) is 3.86. The molecule has 4 heteroatoms. The fourth-order valence-electron chi connectivity index (χ4n) is 1.54. The maximum Gasteiger partial charge on any atom is 0.177 e. The van der Waals surface area contributed by atoms with Gasteiger partial charge in [0.2, 0.25) is 0 Å². The summed E-state index contributed by atoms with van der Waals surface area (Å²) in [4.78, 5) is 18.2. The highest BCUT2D eigenvalue weighted by molar-refractivity contribution is 9.10. The molecule has 2 aromatic heterocycles. The Morgan fingerprint density at radius 2 is 2.12 bits per heavy atom. The number of halogens is 1. The second-order valence-corrected chi connectivity index (χ2v) is 6.13. The number of ketones is 1. The van der Waals surface area contributed by atoms with E-state index in [1.54, 1.807) is 23.7 Å². The van der Waals surface area contributed by atoms with Crippen molar-refractivity contribution in [2.75, 3.05) is 0 Å². The molecule has 2 aromatic rings. The first kappa shape index (κ1) is 12.5. The monoisotopic (exact) mass is 309 g/mol. The minimum absolute atomic E-state index is 0.158. The van der Waals surface area contributed by atoms with Gasteiger partial charge in [0.05, 0.1) is 4.88 Å². The summed E-state index contributed by atoms with van der Waals surface area (Å²) in [6.45, 7) is 4.07. The summed E-state index contributed by atoms with van der Waals surface area (Å²) < 4.78 is 0.904. The van der Waals surface area contributed by atoms with Gasteiger partial charge >= 0.3 is 0 Å². The summed E-state index contributed by atoms with van der Waals surface area (Å²) in [5, 5.41) is 0. The molecule has 0 aliphatic rings. The van der Waals surface area contributed by atoms with E-state index < -0.39 is 0 Å². The first-order valence-electron chi connectivity index (χ1n) is 5.26. The number of hydrogen-bond donors (Lipinski definition) is 0. The Balaban J connectivity index is 2.17. The van der Waals surface area contributed by atoms with Gasteiger partial charge in [-0.25, -0.2) is 0 Å². The number of hydrogen-bond acceptors (Lipinski definition) is 3. The molecule has 2 rings (SSSR count). The van der Waals surface area contributed by atoms with Gasteiger partial charge in [0.1, 0.15) is 0 Å². The smallest absolute Gasteiger partial charge is 0.177 e. The number of aromatic nitrogens is 1. The third-order valence-corrected chi connectivity index (χ3v) is 4.19. The molecule has 0 aromatic carbocycles. The fraction of sp³-hybridized carbons (Fsp3) is 0.231. The Morgan fingerprint density at radius 3 is 2.71 bits per heavy atom. The molecular weight excluding hydrogens is 298 g/mol. The van der Waals surface area contributed by atoms with E-state index in [4.69, 9.17) is 0 Å². The van der Waals surface area contributed by atoms with Gasteiger partial charge in [-0.2, -0.15) is 0 Å². The molecule has 2 heterocycles. The van der Waals surface area contributed by atoms with E-state index in [1.807, 2.05) is 26.0 Å². The average Bonchev–Trinajstić information content (AvgIpc) is 2.59. The third-order valence-electron chi connectivity index (χ3n) is 2.57. The number of carbonyl (C=O) groups excluding carboxylic acids is 1. The second-order valence-electron chi connectivity index (χ2n) is 3.96. The fourth-order valence-corrected chi connectivity index (χ4v) is 2.92. The standard InChI is InChI=1S/C13H12BrNOS/c1-8-3-13(17-9(8)2)12(16)5-10-4-11(14)7-15-6-10/h3-4,6-7H,5H2,1-2H3. The summed E-state index contributed by atoms with van der Waals surface area (Å²) in [7, 11) is 0. The van der Waals surface area contributed by atoms with Gasteiger partial charge in [0, 0.05) is 28.2 Å². The molecule has 0 unspecified atom stereocenters. The molecule has 0 spiro atoms. The number of pyridine rings is 1. The van der Waals surface area contributed by atoms with E-state index >= 15 is 0 Å². The Hall–Kier alpha value is -1.000. The summed E-state index contributed by atoms with van der Waals surface area (Å²) in [6, 6.07) is 3.89. The molecule has 17 heavy (non-hydrogen) atoms. The van der Waals surface area contributed by atoms with Crippen molar-refractivity contribution in [1.82, 2.24) is 4.98 Å². The lowest BCUT2D eigenvalue weighted by molar-refractivity contribution is 0.0996. The minimum atomic E-state index is 0.158. The summed E-state index contributed by atoms with van der Waals surface area (Å²) >= 11 is 4.92. The van der Waals surface area contributed by atoms with Crippen molar-refractivity contribution >= 4 is 33.0 Å². The zero-order valence-electron chi connectivity index (χ0n) is 9.66. The van der Waals surface area contributed by atoms with Crippen LogP contribution in [0.25, 0.3) is 0 Å². The molecule has 2 nitrogen and oxygen atoms in total. The number of nitrogens with zero attached hydrogens (tertiary/aromatic N) is 1. The maximum atomic E-state index is 12.1.